The largest absolute Gasteiger partial charge is 0.477 e. The van der Waals surface area contributed by atoms with Crippen molar-refractivity contribution < 1.29 is 9.53 Å². The predicted octanol–water partition coefficient (Wildman–Crippen LogP) is 3.23. The van der Waals surface area contributed by atoms with Gasteiger partial charge in [0.15, 0.2) is 0 Å². The molecule has 118 valence electrons. The van der Waals surface area contributed by atoms with Crippen molar-refractivity contribution in [2.24, 2.45) is 11.8 Å². The Bertz CT molecular complexity index is 547. The minimum atomic E-state index is -0.00170. The lowest BCUT2D eigenvalue weighted by Gasteiger charge is -2.06. The molecular formula is C18H24N2O2. The van der Waals surface area contributed by atoms with E-state index < -0.39 is 0 Å². The van der Waals surface area contributed by atoms with Crippen LogP contribution < -0.4 is 10.1 Å². The van der Waals surface area contributed by atoms with Gasteiger partial charge in [0.1, 0.15) is 0 Å². The van der Waals surface area contributed by atoms with E-state index in [4.69, 9.17) is 4.74 Å². The fourth-order valence-electron chi connectivity index (χ4n) is 2.73. The van der Waals surface area contributed by atoms with E-state index in [2.05, 4.69) is 17.2 Å². The van der Waals surface area contributed by atoms with Crippen LogP contribution in [0.1, 0.15) is 44.6 Å². The van der Waals surface area contributed by atoms with Gasteiger partial charge in [-0.1, -0.05) is 18.6 Å². The van der Waals surface area contributed by atoms with Gasteiger partial charge in [0.05, 0.1) is 6.61 Å². The number of hydrogen-bond donors (Lipinski definition) is 1. The van der Waals surface area contributed by atoms with Gasteiger partial charge in [-0.15, -0.1) is 0 Å². The highest BCUT2D eigenvalue weighted by Gasteiger charge is 2.22. The Morgan fingerprint density at radius 3 is 2.91 bits per heavy atom. The lowest BCUT2D eigenvalue weighted by molar-refractivity contribution is -0.116. The van der Waals surface area contributed by atoms with Crippen molar-refractivity contribution in [1.29, 1.82) is 0 Å². The van der Waals surface area contributed by atoms with Crippen LogP contribution in [0.25, 0.3) is 0 Å². The number of rotatable bonds is 6. The lowest BCUT2D eigenvalue weighted by atomic mass is 10.1. The summed E-state index contributed by atoms with van der Waals surface area (Å²) in [4.78, 5) is 16.2. The molecule has 2 aliphatic rings. The summed E-state index contributed by atoms with van der Waals surface area (Å²) in [6.07, 6.45) is 9.41. The van der Waals surface area contributed by atoms with Crippen molar-refractivity contribution in [1.82, 2.24) is 10.3 Å². The monoisotopic (exact) mass is 300 g/mol. The molecule has 3 rings (SSSR count). The quantitative estimate of drug-likeness (QED) is 0.821. The van der Waals surface area contributed by atoms with Gasteiger partial charge in [-0.3, -0.25) is 4.79 Å². The van der Waals surface area contributed by atoms with E-state index in [1.807, 2.05) is 12.1 Å². The normalized spacial score (nSPS) is 22.8. The van der Waals surface area contributed by atoms with Crippen LogP contribution in [-0.4, -0.2) is 17.5 Å². The minimum absolute atomic E-state index is 0.00170. The van der Waals surface area contributed by atoms with Crippen molar-refractivity contribution in [2.75, 3.05) is 6.61 Å². The van der Waals surface area contributed by atoms with Crippen molar-refractivity contribution in [3.63, 3.8) is 0 Å². The number of pyridine rings is 1. The topological polar surface area (TPSA) is 51.2 Å². The van der Waals surface area contributed by atoms with Crippen LogP contribution in [0.2, 0.25) is 0 Å². The number of allylic oxidation sites excluding steroid dienone is 1. The molecule has 1 unspecified atom stereocenters. The third kappa shape index (κ3) is 4.58. The first-order chi connectivity index (χ1) is 10.7. The van der Waals surface area contributed by atoms with Crippen LogP contribution in [0.4, 0.5) is 0 Å². The summed E-state index contributed by atoms with van der Waals surface area (Å²) in [7, 11) is 0. The first-order valence-corrected chi connectivity index (χ1v) is 8.24. The molecule has 4 heteroatoms. The number of nitrogens with zero attached hydrogens (tertiary/aromatic N) is 1. The molecular weight excluding hydrogens is 276 g/mol. The first-order valence-electron chi connectivity index (χ1n) is 8.24. The Morgan fingerprint density at radius 2 is 2.27 bits per heavy atom. The molecule has 1 N–H and O–H groups in total. The lowest BCUT2D eigenvalue weighted by Crippen LogP contribution is -2.20. The van der Waals surface area contributed by atoms with E-state index >= 15 is 0 Å². The molecule has 1 heterocycles. The molecule has 4 nitrogen and oxygen atoms in total. The minimum Gasteiger partial charge on any atom is -0.477 e. The van der Waals surface area contributed by atoms with Crippen LogP contribution in [0.3, 0.4) is 0 Å². The van der Waals surface area contributed by atoms with Gasteiger partial charge < -0.3 is 10.1 Å². The third-order valence-electron chi connectivity index (χ3n) is 4.33. The first kappa shape index (κ1) is 15.1. The highest BCUT2D eigenvalue weighted by Crippen LogP contribution is 2.29. The van der Waals surface area contributed by atoms with Crippen molar-refractivity contribution in [3.05, 3.63) is 35.5 Å². The number of nitrogens with one attached hydrogen (secondary N) is 1. The Morgan fingerprint density at radius 1 is 1.41 bits per heavy atom. The molecule has 2 aliphatic carbocycles. The molecule has 2 saturated carbocycles. The molecule has 0 spiro atoms. The summed E-state index contributed by atoms with van der Waals surface area (Å²) in [5.41, 5.74) is 2.26. The summed E-state index contributed by atoms with van der Waals surface area (Å²) < 4.78 is 5.60. The highest BCUT2D eigenvalue weighted by molar-refractivity contribution is 5.88. The number of ether oxygens (including phenoxy) is 1. The Labute approximate surface area is 132 Å². The molecule has 1 aromatic heterocycles. The number of amides is 1. The van der Waals surface area contributed by atoms with Gasteiger partial charge >= 0.3 is 0 Å². The zero-order valence-electron chi connectivity index (χ0n) is 13.2. The van der Waals surface area contributed by atoms with Crippen LogP contribution >= 0.6 is 0 Å². The SMILES string of the molecule is CC1CC/C(=C\C(=O)NCc2ccc(OCC3CC3)nc2)C1. The summed E-state index contributed by atoms with van der Waals surface area (Å²) in [5, 5.41) is 2.92. The second-order valence-electron chi connectivity index (χ2n) is 6.63. The molecule has 2 fully saturated rings. The van der Waals surface area contributed by atoms with E-state index in [0.717, 1.165) is 30.9 Å². The standard InChI is InChI=1S/C18H24N2O2/c1-13-2-3-15(8-13)9-17(21)19-10-16-6-7-18(20-11-16)22-12-14-4-5-14/h6-7,9,11,13-14H,2-5,8,10,12H2,1H3,(H,19,21)/b15-9+. The highest BCUT2D eigenvalue weighted by atomic mass is 16.5. The fourth-order valence-corrected chi connectivity index (χ4v) is 2.73. The maximum Gasteiger partial charge on any atom is 0.244 e. The molecule has 1 aromatic rings. The number of carbonyl (C=O) groups is 1. The van der Waals surface area contributed by atoms with Gasteiger partial charge in [-0.05, 0) is 49.5 Å². The molecule has 0 aromatic carbocycles. The predicted molar refractivity (Wildman–Crippen MR) is 85.4 cm³/mol. The van der Waals surface area contributed by atoms with E-state index in [0.29, 0.717) is 18.3 Å². The number of hydrogen-bond acceptors (Lipinski definition) is 3. The average molecular weight is 300 g/mol. The summed E-state index contributed by atoms with van der Waals surface area (Å²) in [5.74, 6) is 2.11. The molecule has 1 amide bonds. The molecule has 1 atom stereocenters. The van der Waals surface area contributed by atoms with Crippen molar-refractivity contribution in [3.8, 4) is 5.88 Å². The Balaban J connectivity index is 1.43. The van der Waals surface area contributed by atoms with E-state index in [1.54, 1.807) is 12.3 Å². The Kier molecular flexibility index (Phi) is 4.76. The number of aromatic nitrogens is 1. The third-order valence-corrected chi connectivity index (χ3v) is 4.33. The van der Waals surface area contributed by atoms with Crippen LogP contribution in [-0.2, 0) is 11.3 Å². The zero-order valence-corrected chi connectivity index (χ0v) is 13.2. The van der Waals surface area contributed by atoms with Crippen LogP contribution in [0.5, 0.6) is 5.88 Å². The van der Waals surface area contributed by atoms with Gasteiger partial charge in [0.2, 0.25) is 11.8 Å². The average Bonchev–Trinajstić information content (AvgIpc) is 3.26. The smallest absolute Gasteiger partial charge is 0.244 e. The summed E-state index contributed by atoms with van der Waals surface area (Å²) in [6.45, 7) is 3.51. The molecule has 0 saturated heterocycles. The second-order valence-corrected chi connectivity index (χ2v) is 6.63. The number of carbonyl (C=O) groups excluding carboxylic acids is 1. The van der Waals surface area contributed by atoms with Crippen molar-refractivity contribution >= 4 is 5.91 Å². The Hall–Kier alpha value is -1.84. The van der Waals surface area contributed by atoms with Crippen LogP contribution in [0.15, 0.2) is 30.0 Å². The zero-order chi connectivity index (χ0) is 15.4. The molecule has 0 radical (unpaired) electrons. The van der Waals surface area contributed by atoms with E-state index in [-0.39, 0.29) is 5.91 Å². The summed E-state index contributed by atoms with van der Waals surface area (Å²) >= 11 is 0. The van der Waals surface area contributed by atoms with E-state index in [1.165, 1.54) is 24.8 Å². The fraction of sp³-hybridized carbons (Fsp3) is 0.556. The van der Waals surface area contributed by atoms with Gasteiger partial charge in [0, 0.05) is 24.9 Å². The second kappa shape index (κ2) is 6.95. The molecule has 22 heavy (non-hydrogen) atoms. The van der Waals surface area contributed by atoms with Gasteiger partial charge in [0.25, 0.3) is 0 Å². The maximum atomic E-state index is 11.9. The molecule has 0 aliphatic heterocycles. The van der Waals surface area contributed by atoms with Crippen molar-refractivity contribution in [2.45, 2.75) is 45.6 Å². The maximum absolute atomic E-state index is 11.9. The van der Waals surface area contributed by atoms with Gasteiger partial charge in [-0.2, -0.15) is 0 Å². The summed E-state index contributed by atoms with van der Waals surface area (Å²) in [6, 6.07) is 3.83. The molecule has 0 bridgehead atoms. The van der Waals surface area contributed by atoms with E-state index in [9.17, 15) is 4.79 Å². The van der Waals surface area contributed by atoms with Gasteiger partial charge in [-0.25, -0.2) is 4.98 Å². The van der Waals surface area contributed by atoms with Crippen LogP contribution in [0, 0.1) is 11.8 Å².